The maximum Gasteiger partial charge on any atom is 0.311 e. The Morgan fingerprint density at radius 3 is 2.65 bits per heavy atom. The van der Waals surface area contributed by atoms with Gasteiger partial charge in [-0.1, -0.05) is 65.8 Å². The van der Waals surface area contributed by atoms with Crippen LogP contribution in [0.4, 0.5) is 17.3 Å². The number of anilines is 2. The summed E-state index contributed by atoms with van der Waals surface area (Å²) in [6.45, 7) is 3.67. The lowest BCUT2D eigenvalue weighted by Gasteiger charge is -2.28. The zero-order chi connectivity index (χ0) is 28.4. The standard InChI is InChI=1S/C28H25ClN6O4S/c1-16-8-4-7-11-21(16)31-26(36)24-17(2)30-27-32-28(40-15-19-9-5-6-10-20(19)29)33-34(27)25(24)18-12-13-23(39-3)22(14-18)35(37)38/h4-14,25H,15H2,1-3H3,(H,31,36)(H,30,32,33). The minimum atomic E-state index is -0.799. The number of aryl methyl sites for hydroxylation is 1. The van der Waals surface area contributed by atoms with Gasteiger partial charge in [-0.3, -0.25) is 14.9 Å². The number of hydrogen-bond donors (Lipinski definition) is 2. The van der Waals surface area contributed by atoms with E-state index in [9.17, 15) is 14.9 Å². The van der Waals surface area contributed by atoms with Crippen molar-refractivity contribution in [2.45, 2.75) is 30.8 Å². The molecular formula is C28H25ClN6O4S. The molecule has 1 aliphatic heterocycles. The van der Waals surface area contributed by atoms with Crippen LogP contribution in [0.1, 0.15) is 29.7 Å². The summed E-state index contributed by atoms with van der Waals surface area (Å²) in [6.07, 6.45) is 0. The molecule has 1 aliphatic rings. The van der Waals surface area contributed by atoms with Gasteiger partial charge in [-0.25, -0.2) is 4.68 Å². The first-order valence-corrected chi connectivity index (χ1v) is 13.6. The Hall–Kier alpha value is -4.35. The Kier molecular flexibility index (Phi) is 7.76. The molecule has 0 saturated heterocycles. The quantitative estimate of drug-likeness (QED) is 0.141. The van der Waals surface area contributed by atoms with Crippen molar-refractivity contribution in [2.24, 2.45) is 0 Å². The highest BCUT2D eigenvalue weighted by Gasteiger charge is 2.36. The number of nitro benzene ring substituents is 1. The van der Waals surface area contributed by atoms with Crippen LogP contribution < -0.4 is 15.4 Å². The highest BCUT2D eigenvalue weighted by atomic mass is 35.5. The molecule has 4 aromatic rings. The maximum atomic E-state index is 13.8. The largest absolute Gasteiger partial charge is 0.490 e. The van der Waals surface area contributed by atoms with E-state index < -0.39 is 11.0 Å². The summed E-state index contributed by atoms with van der Waals surface area (Å²) in [5.74, 6) is 0.697. The third kappa shape index (κ3) is 5.38. The van der Waals surface area contributed by atoms with Crippen LogP contribution in [0.2, 0.25) is 5.02 Å². The molecule has 12 heteroatoms. The summed E-state index contributed by atoms with van der Waals surface area (Å²) in [5.41, 5.74) is 3.66. The fourth-order valence-electron chi connectivity index (χ4n) is 4.48. The van der Waals surface area contributed by atoms with Crippen molar-refractivity contribution in [1.29, 1.82) is 0 Å². The molecule has 204 valence electrons. The van der Waals surface area contributed by atoms with E-state index in [2.05, 4.69) is 15.6 Å². The smallest absolute Gasteiger partial charge is 0.311 e. The number of allylic oxidation sites excluding steroid dienone is 1. The van der Waals surface area contributed by atoms with E-state index in [-0.39, 0.29) is 17.3 Å². The van der Waals surface area contributed by atoms with Gasteiger partial charge >= 0.3 is 5.69 Å². The minimum absolute atomic E-state index is 0.115. The van der Waals surface area contributed by atoms with Crippen LogP contribution in [0.25, 0.3) is 0 Å². The zero-order valence-corrected chi connectivity index (χ0v) is 23.4. The van der Waals surface area contributed by atoms with Gasteiger partial charge in [0, 0.05) is 28.2 Å². The van der Waals surface area contributed by atoms with E-state index >= 15 is 0 Å². The Morgan fingerprint density at radius 2 is 1.93 bits per heavy atom. The average Bonchev–Trinajstić information content (AvgIpc) is 3.35. The van der Waals surface area contributed by atoms with Gasteiger partial charge in [-0.2, -0.15) is 4.98 Å². The van der Waals surface area contributed by atoms with Crippen molar-refractivity contribution in [3.05, 3.63) is 110 Å². The number of amides is 1. The topological polar surface area (TPSA) is 124 Å². The highest BCUT2D eigenvalue weighted by molar-refractivity contribution is 7.98. The SMILES string of the molecule is COc1ccc(C2C(C(=O)Nc3ccccc3C)=C(C)Nc3nc(SCc4ccccc4Cl)nn32)cc1[N+](=O)[O-]. The van der Waals surface area contributed by atoms with Crippen LogP contribution in [0, 0.1) is 17.0 Å². The van der Waals surface area contributed by atoms with E-state index in [1.807, 2.05) is 55.5 Å². The number of halogens is 1. The molecule has 0 spiro atoms. The van der Waals surface area contributed by atoms with Gasteiger partial charge in [0.25, 0.3) is 5.91 Å². The van der Waals surface area contributed by atoms with E-state index in [1.54, 1.807) is 17.7 Å². The molecule has 2 N–H and O–H groups in total. The third-order valence-electron chi connectivity index (χ3n) is 6.50. The van der Waals surface area contributed by atoms with Crippen molar-refractivity contribution >= 4 is 46.6 Å². The second-order valence-electron chi connectivity index (χ2n) is 9.07. The number of hydrogen-bond acceptors (Lipinski definition) is 8. The van der Waals surface area contributed by atoms with Crippen LogP contribution in [0.15, 0.2) is 83.2 Å². The van der Waals surface area contributed by atoms with Crippen molar-refractivity contribution in [3.8, 4) is 5.75 Å². The number of benzene rings is 3. The Morgan fingerprint density at radius 1 is 1.18 bits per heavy atom. The monoisotopic (exact) mass is 576 g/mol. The second-order valence-corrected chi connectivity index (χ2v) is 10.4. The molecule has 1 unspecified atom stereocenters. The summed E-state index contributed by atoms with van der Waals surface area (Å²) < 4.78 is 6.78. The van der Waals surface area contributed by atoms with Crippen LogP contribution in [-0.2, 0) is 10.5 Å². The lowest BCUT2D eigenvalue weighted by Crippen LogP contribution is -2.31. The van der Waals surface area contributed by atoms with Gasteiger partial charge in [-0.05, 0) is 48.7 Å². The lowest BCUT2D eigenvalue weighted by molar-refractivity contribution is -0.385. The number of carbonyl (C=O) groups is 1. The molecule has 0 aliphatic carbocycles. The lowest BCUT2D eigenvalue weighted by atomic mass is 9.94. The first-order valence-electron chi connectivity index (χ1n) is 12.3. The van der Waals surface area contributed by atoms with E-state index in [1.165, 1.54) is 31.0 Å². The second kappa shape index (κ2) is 11.4. The number of thioether (sulfide) groups is 1. The van der Waals surface area contributed by atoms with Crippen LogP contribution in [0.3, 0.4) is 0 Å². The van der Waals surface area contributed by atoms with Gasteiger partial charge < -0.3 is 15.4 Å². The third-order valence-corrected chi connectivity index (χ3v) is 7.76. The van der Waals surface area contributed by atoms with Gasteiger partial charge in [0.1, 0.15) is 6.04 Å². The fourth-order valence-corrected chi connectivity index (χ4v) is 5.59. The molecule has 1 amide bonds. The summed E-state index contributed by atoms with van der Waals surface area (Å²) >= 11 is 7.72. The van der Waals surface area contributed by atoms with Crippen molar-refractivity contribution in [2.75, 3.05) is 17.7 Å². The Labute approximate surface area is 239 Å². The van der Waals surface area contributed by atoms with E-state index in [4.69, 9.17) is 21.4 Å². The summed E-state index contributed by atoms with van der Waals surface area (Å²) in [5, 5.41) is 23.8. The Bertz CT molecular complexity index is 1650. The fraction of sp³-hybridized carbons (Fsp3) is 0.179. The summed E-state index contributed by atoms with van der Waals surface area (Å²) in [7, 11) is 1.37. The van der Waals surface area contributed by atoms with Gasteiger partial charge in [0.2, 0.25) is 11.1 Å². The molecule has 0 bridgehead atoms. The number of aromatic nitrogens is 3. The number of nitrogens with one attached hydrogen (secondary N) is 2. The van der Waals surface area contributed by atoms with Crippen LogP contribution in [0.5, 0.6) is 5.75 Å². The van der Waals surface area contributed by atoms with Gasteiger partial charge in [-0.15, -0.1) is 5.10 Å². The number of ether oxygens (including phenoxy) is 1. The summed E-state index contributed by atoms with van der Waals surface area (Å²) in [6, 6.07) is 18.8. The minimum Gasteiger partial charge on any atom is -0.490 e. The number of para-hydroxylation sites is 1. The number of fused-ring (bicyclic) bond motifs is 1. The van der Waals surface area contributed by atoms with Gasteiger partial charge in [0.05, 0.1) is 17.6 Å². The molecule has 0 fully saturated rings. The molecule has 0 radical (unpaired) electrons. The van der Waals surface area contributed by atoms with E-state index in [0.29, 0.717) is 44.4 Å². The van der Waals surface area contributed by atoms with Gasteiger partial charge in [0.15, 0.2) is 5.75 Å². The maximum absolute atomic E-state index is 13.8. The predicted molar refractivity (Wildman–Crippen MR) is 155 cm³/mol. The molecule has 0 saturated carbocycles. The molecule has 1 aromatic heterocycles. The first-order chi connectivity index (χ1) is 19.3. The number of carbonyl (C=O) groups excluding carboxylic acids is 1. The normalized spacial score (nSPS) is 14.3. The predicted octanol–water partition coefficient (Wildman–Crippen LogP) is 6.38. The molecule has 10 nitrogen and oxygen atoms in total. The van der Waals surface area contributed by atoms with Crippen LogP contribution in [-0.4, -0.2) is 32.7 Å². The van der Waals surface area contributed by atoms with Crippen molar-refractivity contribution in [3.63, 3.8) is 0 Å². The number of rotatable bonds is 8. The van der Waals surface area contributed by atoms with Crippen molar-refractivity contribution in [1.82, 2.24) is 14.8 Å². The number of methoxy groups -OCH3 is 1. The molecular weight excluding hydrogens is 552 g/mol. The highest BCUT2D eigenvalue weighted by Crippen LogP contribution is 2.40. The van der Waals surface area contributed by atoms with E-state index in [0.717, 1.165) is 11.1 Å². The number of nitro groups is 1. The average molecular weight is 577 g/mol. The molecule has 40 heavy (non-hydrogen) atoms. The molecule has 5 rings (SSSR count). The zero-order valence-electron chi connectivity index (χ0n) is 21.8. The first kappa shape index (κ1) is 27.2. The van der Waals surface area contributed by atoms with Crippen molar-refractivity contribution < 1.29 is 14.5 Å². The summed E-state index contributed by atoms with van der Waals surface area (Å²) in [4.78, 5) is 29.7. The molecule has 1 atom stereocenters. The van der Waals surface area contributed by atoms with Crippen LogP contribution >= 0.6 is 23.4 Å². The Balaban J connectivity index is 1.57. The number of nitrogens with zero attached hydrogens (tertiary/aromatic N) is 4. The molecule has 3 aromatic carbocycles. The molecule has 2 heterocycles.